The van der Waals surface area contributed by atoms with Crippen molar-refractivity contribution in [3.63, 3.8) is 0 Å². The fourth-order valence-corrected chi connectivity index (χ4v) is 2.26. The first kappa shape index (κ1) is 18.9. The number of carbonyl (C=O) groups is 2. The minimum Gasteiger partial charge on any atom is -0.465 e. The van der Waals surface area contributed by atoms with Gasteiger partial charge in [-0.2, -0.15) is 0 Å². The number of halogens is 2. The van der Waals surface area contributed by atoms with E-state index in [9.17, 15) is 18.4 Å². The minimum absolute atomic E-state index is 0.107. The van der Waals surface area contributed by atoms with Crippen LogP contribution in [0.5, 0.6) is 0 Å². The molecule has 0 aliphatic heterocycles. The van der Waals surface area contributed by atoms with Crippen LogP contribution < -0.4 is 10.6 Å². The van der Waals surface area contributed by atoms with Crippen molar-refractivity contribution < 1.29 is 23.1 Å². The summed E-state index contributed by atoms with van der Waals surface area (Å²) in [4.78, 5) is 31.8. The molecule has 9 heteroatoms. The van der Waals surface area contributed by atoms with E-state index < -0.39 is 23.5 Å². The lowest BCUT2D eigenvalue weighted by Crippen LogP contribution is -2.13. The number of hydrogen-bond donors (Lipinski definition) is 2. The van der Waals surface area contributed by atoms with E-state index in [2.05, 4.69) is 25.3 Å². The highest BCUT2D eigenvalue weighted by molar-refractivity contribution is 6.04. The molecule has 0 saturated heterocycles. The minimum atomic E-state index is -1.00. The molecule has 0 aliphatic rings. The van der Waals surface area contributed by atoms with E-state index in [0.717, 1.165) is 12.1 Å². The van der Waals surface area contributed by atoms with Crippen LogP contribution in [0, 0.1) is 11.6 Å². The fourth-order valence-electron chi connectivity index (χ4n) is 2.26. The van der Waals surface area contributed by atoms with E-state index in [1.807, 2.05) is 0 Å². The van der Waals surface area contributed by atoms with Gasteiger partial charge in [-0.15, -0.1) is 0 Å². The van der Waals surface area contributed by atoms with Crippen molar-refractivity contribution in [2.75, 3.05) is 17.7 Å². The van der Waals surface area contributed by atoms with Gasteiger partial charge in [-0.05, 0) is 30.3 Å². The van der Waals surface area contributed by atoms with Gasteiger partial charge in [0.1, 0.15) is 0 Å². The first-order valence-electron chi connectivity index (χ1n) is 8.00. The molecule has 0 atom stereocenters. The molecule has 142 valence electrons. The Balaban J connectivity index is 1.68. The number of aromatic nitrogens is 2. The van der Waals surface area contributed by atoms with Crippen LogP contribution in [0.1, 0.15) is 20.7 Å². The number of nitrogens with one attached hydrogen (secondary N) is 2. The molecular formula is C19H14F2N4O3. The van der Waals surface area contributed by atoms with E-state index in [-0.39, 0.29) is 17.2 Å². The molecule has 0 fully saturated rings. The lowest BCUT2D eigenvalue weighted by atomic mass is 10.2. The average molecular weight is 384 g/mol. The number of nitrogens with zero attached hydrogens (tertiary/aromatic N) is 2. The third-order valence-electron chi connectivity index (χ3n) is 3.63. The number of ether oxygens (including phenoxy) is 1. The van der Waals surface area contributed by atoms with Gasteiger partial charge in [0.05, 0.1) is 18.2 Å². The summed E-state index contributed by atoms with van der Waals surface area (Å²) in [6.45, 7) is 0. The third-order valence-corrected chi connectivity index (χ3v) is 3.63. The highest BCUT2D eigenvalue weighted by Gasteiger charge is 2.11. The Bertz CT molecular complexity index is 1030. The fraction of sp³-hybridized carbons (Fsp3) is 0.0526. The van der Waals surface area contributed by atoms with E-state index in [0.29, 0.717) is 11.3 Å². The normalized spacial score (nSPS) is 10.2. The van der Waals surface area contributed by atoms with Gasteiger partial charge >= 0.3 is 5.97 Å². The van der Waals surface area contributed by atoms with Crippen molar-refractivity contribution in [3.8, 4) is 0 Å². The first-order valence-corrected chi connectivity index (χ1v) is 8.00. The van der Waals surface area contributed by atoms with Gasteiger partial charge in [0.2, 0.25) is 5.95 Å². The monoisotopic (exact) mass is 384 g/mol. The van der Waals surface area contributed by atoms with Gasteiger partial charge < -0.3 is 15.4 Å². The van der Waals surface area contributed by atoms with Gasteiger partial charge in [0, 0.05) is 29.8 Å². The zero-order valence-electron chi connectivity index (χ0n) is 14.6. The van der Waals surface area contributed by atoms with Crippen LogP contribution in [0.3, 0.4) is 0 Å². The molecule has 0 radical (unpaired) electrons. The average Bonchev–Trinajstić information content (AvgIpc) is 2.71. The van der Waals surface area contributed by atoms with Crippen molar-refractivity contribution in [2.45, 2.75) is 0 Å². The molecule has 1 amide bonds. The van der Waals surface area contributed by atoms with Crippen LogP contribution in [-0.2, 0) is 4.74 Å². The molecule has 28 heavy (non-hydrogen) atoms. The first-order chi connectivity index (χ1) is 13.5. The summed E-state index contributed by atoms with van der Waals surface area (Å²) in [6, 6.07) is 9.52. The standard InChI is InChI=1S/C19H14F2N4O3/c1-28-18(27)11-3-2-4-13(7-11)24-17(26)12-9-22-19(23-10-12)25-14-5-6-15(20)16(21)8-14/h2-10H,1H3,(H,24,26)(H,22,23,25). The number of rotatable bonds is 5. The largest absolute Gasteiger partial charge is 0.465 e. The smallest absolute Gasteiger partial charge is 0.337 e. The lowest BCUT2D eigenvalue weighted by Gasteiger charge is -2.08. The predicted molar refractivity (Wildman–Crippen MR) is 97.4 cm³/mol. The Morgan fingerprint density at radius 1 is 0.929 bits per heavy atom. The summed E-state index contributed by atoms with van der Waals surface area (Å²) in [6.07, 6.45) is 2.55. The van der Waals surface area contributed by atoms with Crippen LogP contribution >= 0.6 is 0 Å². The third kappa shape index (κ3) is 4.44. The molecule has 0 saturated carbocycles. The highest BCUT2D eigenvalue weighted by Crippen LogP contribution is 2.17. The highest BCUT2D eigenvalue weighted by atomic mass is 19.2. The van der Waals surface area contributed by atoms with Crippen molar-refractivity contribution in [1.29, 1.82) is 0 Å². The molecule has 2 aromatic carbocycles. The summed E-state index contributed by atoms with van der Waals surface area (Å²) >= 11 is 0. The van der Waals surface area contributed by atoms with Gasteiger partial charge in [-0.1, -0.05) is 6.07 Å². The van der Waals surface area contributed by atoms with E-state index in [1.54, 1.807) is 18.2 Å². The summed E-state index contributed by atoms with van der Waals surface area (Å²) in [7, 11) is 1.26. The topological polar surface area (TPSA) is 93.2 Å². The molecule has 2 N–H and O–H groups in total. The Morgan fingerprint density at radius 3 is 2.36 bits per heavy atom. The van der Waals surface area contributed by atoms with E-state index in [4.69, 9.17) is 0 Å². The maximum absolute atomic E-state index is 13.2. The number of benzene rings is 2. The molecule has 3 rings (SSSR count). The number of hydrogen-bond acceptors (Lipinski definition) is 6. The Morgan fingerprint density at radius 2 is 1.68 bits per heavy atom. The van der Waals surface area contributed by atoms with Crippen molar-refractivity contribution in [1.82, 2.24) is 9.97 Å². The van der Waals surface area contributed by atoms with Crippen LogP contribution in [0.25, 0.3) is 0 Å². The Hall–Kier alpha value is -3.88. The molecule has 7 nitrogen and oxygen atoms in total. The summed E-state index contributed by atoms with van der Waals surface area (Å²) < 4.78 is 30.8. The summed E-state index contributed by atoms with van der Waals surface area (Å²) in [5.41, 5.74) is 1.12. The van der Waals surface area contributed by atoms with Gasteiger partial charge in [-0.25, -0.2) is 23.5 Å². The quantitative estimate of drug-likeness (QED) is 0.654. The lowest BCUT2D eigenvalue weighted by molar-refractivity contribution is 0.0600. The zero-order valence-corrected chi connectivity index (χ0v) is 14.6. The second-order valence-corrected chi connectivity index (χ2v) is 5.58. The molecule has 0 aliphatic carbocycles. The Kier molecular flexibility index (Phi) is 5.54. The van der Waals surface area contributed by atoms with E-state index in [1.165, 1.54) is 31.6 Å². The number of amides is 1. The summed E-state index contributed by atoms with van der Waals surface area (Å²) in [5.74, 6) is -2.87. The van der Waals surface area contributed by atoms with Crippen LogP contribution in [0.4, 0.5) is 26.1 Å². The molecular weight excluding hydrogens is 370 g/mol. The molecule has 1 aromatic heterocycles. The SMILES string of the molecule is COC(=O)c1cccc(NC(=O)c2cnc(Nc3ccc(F)c(F)c3)nc2)c1. The predicted octanol–water partition coefficient (Wildman–Crippen LogP) is 3.54. The molecule has 0 bridgehead atoms. The van der Waals surface area contributed by atoms with Crippen molar-refractivity contribution >= 4 is 29.2 Å². The van der Waals surface area contributed by atoms with Gasteiger partial charge in [0.15, 0.2) is 11.6 Å². The number of esters is 1. The van der Waals surface area contributed by atoms with Crippen molar-refractivity contribution in [3.05, 3.63) is 77.6 Å². The maximum Gasteiger partial charge on any atom is 0.337 e. The second-order valence-electron chi connectivity index (χ2n) is 5.58. The number of carbonyl (C=O) groups excluding carboxylic acids is 2. The number of anilines is 3. The molecule has 0 unspecified atom stereocenters. The van der Waals surface area contributed by atoms with Gasteiger partial charge in [-0.3, -0.25) is 4.79 Å². The van der Waals surface area contributed by atoms with Crippen molar-refractivity contribution in [2.24, 2.45) is 0 Å². The molecule has 1 heterocycles. The number of methoxy groups -OCH3 is 1. The second kappa shape index (κ2) is 8.21. The zero-order chi connectivity index (χ0) is 20.1. The van der Waals surface area contributed by atoms with Gasteiger partial charge in [0.25, 0.3) is 5.91 Å². The molecule has 0 spiro atoms. The Labute approximate surface area is 158 Å². The van der Waals surface area contributed by atoms with Crippen LogP contribution in [-0.4, -0.2) is 29.0 Å². The van der Waals surface area contributed by atoms with Crippen LogP contribution in [0.2, 0.25) is 0 Å². The maximum atomic E-state index is 13.2. The summed E-state index contributed by atoms with van der Waals surface area (Å²) in [5, 5.41) is 5.32. The van der Waals surface area contributed by atoms with E-state index >= 15 is 0 Å². The van der Waals surface area contributed by atoms with Crippen LogP contribution in [0.15, 0.2) is 54.9 Å². The molecule has 3 aromatic rings.